The molecule has 22 heavy (non-hydrogen) atoms. The molecule has 1 heterocycles. The first-order chi connectivity index (χ1) is 10.8. The van der Waals surface area contributed by atoms with E-state index in [1.165, 1.54) is 23.5 Å². The molecule has 0 aliphatic carbocycles. The van der Waals surface area contributed by atoms with Crippen LogP contribution in [0.5, 0.6) is 0 Å². The first kappa shape index (κ1) is 15.9. The van der Waals surface area contributed by atoms with E-state index in [0.29, 0.717) is 21.4 Å². The Labute approximate surface area is 137 Å². The van der Waals surface area contributed by atoms with Gasteiger partial charge in [0.2, 0.25) is 0 Å². The molecule has 108 valence electrons. The van der Waals surface area contributed by atoms with Crippen molar-refractivity contribution in [2.45, 2.75) is 9.92 Å². The van der Waals surface area contributed by atoms with Crippen molar-refractivity contribution >= 4 is 34.4 Å². The minimum absolute atomic E-state index is 0.511. The van der Waals surface area contributed by atoms with Crippen molar-refractivity contribution in [3.63, 3.8) is 0 Å². The van der Waals surface area contributed by atoms with Crippen LogP contribution in [0, 0.1) is 22.8 Å². The van der Waals surface area contributed by atoms with Crippen molar-refractivity contribution in [2.24, 2.45) is 4.99 Å². The molecule has 0 radical (unpaired) electrons. The molecule has 0 fully saturated rings. The van der Waals surface area contributed by atoms with Gasteiger partial charge in [0.05, 0.1) is 11.3 Å². The van der Waals surface area contributed by atoms with Gasteiger partial charge in [0, 0.05) is 11.1 Å². The van der Waals surface area contributed by atoms with Crippen LogP contribution in [0.4, 0.5) is 5.69 Å². The second-order valence-electron chi connectivity index (χ2n) is 3.90. The van der Waals surface area contributed by atoms with Gasteiger partial charge in [-0.05, 0) is 30.5 Å². The highest BCUT2D eigenvalue weighted by atomic mass is 32.2. The number of nitrogens with zero attached hydrogens (tertiary/aromatic N) is 4. The molecule has 7 heteroatoms. The molecule has 0 aliphatic rings. The Hall–Kier alpha value is -2.48. The van der Waals surface area contributed by atoms with Crippen LogP contribution in [-0.2, 0) is 0 Å². The highest BCUT2D eigenvalue weighted by Crippen LogP contribution is 2.35. The lowest BCUT2D eigenvalue weighted by Gasteiger charge is -2.07. The second-order valence-corrected chi connectivity index (χ2v) is 5.72. The lowest BCUT2D eigenvalue weighted by Crippen LogP contribution is -2.12. The fourth-order valence-electron chi connectivity index (χ4n) is 1.58. The number of benzene rings is 1. The number of rotatable bonds is 3. The van der Waals surface area contributed by atoms with Gasteiger partial charge in [0.25, 0.3) is 0 Å². The van der Waals surface area contributed by atoms with Crippen molar-refractivity contribution in [1.29, 1.82) is 10.5 Å². The molecular formula is C15H11N5S2. The van der Waals surface area contributed by atoms with Crippen molar-refractivity contribution in [3.8, 4) is 12.3 Å². The predicted molar refractivity (Wildman–Crippen MR) is 88.9 cm³/mol. The van der Waals surface area contributed by atoms with E-state index in [-0.39, 0.29) is 0 Å². The molecule has 0 unspecified atom stereocenters. The van der Waals surface area contributed by atoms with Gasteiger partial charge in [-0.15, -0.1) is 0 Å². The van der Waals surface area contributed by atoms with Gasteiger partial charge < -0.3 is 0 Å². The number of aromatic nitrogens is 1. The molecule has 0 amide bonds. The third kappa shape index (κ3) is 4.01. The Morgan fingerprint density at radius 3 is 2.77 bits per heavy atom. The smallest absolute Gasteiger partial charge is 0.183 e. The number of thioether (sulfide) groups is 1. The Bertz CT molecular complexity index is 774. The van der Waals surface area contributed by atoms with Crippen LogP contribution in [0.15, 0.2) is 57.5 Å². The number of nitriles is 2. The van der Waals surface area contributed by atoms with E-state index in [1.54, 1.807) is 18.3 Å². The standard InChI is InChI=1S/C15H11N5S2/c1-21-15(19-10-17)20-12-6-2-3-7-13(12)22-14-11(9-16)5-4-8-18-14/h2-8H,1H3,(H,19,20). The minimum atomic E-state index is 0.511. The molecule has 2 aromatic rings. The zero-order chi connectivity index (χ0) is 15.8. The summed E-state index contributed by atoms with van der Waals surface area (Å²) in [6, 6.07) is 13.1. The number of para-hydroxylation sites is 1. The molecule has 5 nitrogen and oxygen atoms in total. The van der Waals surface area contributed by atoms with Gasteiger partial charge in [-0.25, -0.2) is 9.98 Å². The molecule has 0 atom stereocenters. The molecule has 2 rings (SSSR count). The first-order valence-corrected chi connectivity index (χ1v) is 8.22. The monoisotopic (exact) mass is 325 g/mol. The minimum Gasteiger partial charge on any atom is -0.271 e. The van der Waals surface area contributed by atoms with E-state index in [0.717, 1.165) is 4.90 Å². The van der Waals surface area contributed by atoms with Crippen molar-refractivity contribution in [3.05, 3.63) is 48.2 Å². The maximum absolute atomic E-state index is 9.14. The summed E-state index contributed by atoms with van der Waals surface area (Å²) in [5.41, 5.74) is 1.24. The summed E-state index contributed by atoms with van der Waals surface area (Å²) < 4.78 is 0. The van der Waals surface area contributed by atoms with Crippen molar-refractivity contribution < 1.29 is 0 Å². The molecule has 0 bridgehead atoms. The van der Waals surface area contributed by atoms with Crippen LogP contribution < -0.4 is 5.32 Å². The van der Waals surface area contributed by atoms with Gasteiger partial charge in [-0.3, -0.25) is 5.32 Å². The predicted octanol–water partition coefficient (Wildman–Crippen LogP) is 3.53. The lowest BCUT2D eigenvalue weighted by molar-refractivity contribution is 1.11. The molecule has 0 spiro atoms. The van der Waals surface area contributed by atoms with E-state index in [1.807, 2.05) is 36.7 Å². The topological polar surface area (TPSA) is 84.9 Å². The van der Waals surface area contributed by atoms with Gasteiger partial charge >= 0.3 is 0 Å². The Kier molecular flexibility index (Phi) is 5.84. The summed E-state index contributed by atoms with van der Waals surface area (Å²) in [5, 5.41) is 21.5. The summed E-state index contributed by atoms with van der Waals surface area (Å²) in [4.78, 5) is 9.54. The molecular weight excluding hydrogens is 314 g/mol. The van der Waals surface area contributed by atoms with Crippen LogP contribution in [0.1, 0.15) is 5.56 Å². The van der Waals surface area contributed by atoms with Crippen molar-refractivity contribution in [1.82, 2.24) is 10.3 Å². The highest BCUT2D eigenvalue weighted by molar-refractivity contribution is 8.13. The average molecular weight is 325 g/mol. The summed E-state index contributed by atoms with van der Waals surface area (Å²) in [5.74, 6) is 0. The van der Waals surface area contributed by atoms with Gasteiger partial charge in [0.15, 0.2) is 11.4 Å². The van der Waals surface area contributed by atoms with E-state index >= 15 is 0 Å². The van der Waals surface area contributed by atoms with Crippen LogP contribution in [0.25, 0.3) is 0 Å². The van der Waals surface area contributed by atoms with Crippen molar-refractivity contribution in [2.75, 3.05) is 6.26 Å². The zero-order valence-corrected chi connectivity index (χ0v) is 13.3. The third-order valence-corrected chi connectivity index (χ3v) is 4.21. The molecule has 1 aromatic carbocycles. The van der Waals surface area contributed by atoms with E-state index < -0.39 is 0 Å². The Morgan fingerprint density at radius 2 is 2.05 bits per heavy atom. The fourth-order valence-corrected chi connectivity index (χ4v) is 2.83. The van der Waals surface area contributed by atoms with Gasteiger partial charge in [-0.1, -0.05) is 35.7 Å². The van der Waals surface area contributed by atoms with Crippen LogP contribution in [0.3, 0.4) is 0 Å². The quantitative estimate of drug-likeness (QED) is 0.402. The molecule has 0 saturated heterocycles. The third-order valence-electron chi connectivity index (χ3n) is 2.54. The number of nitrogens with one attached hydrogen (secondary N) is 1. The molecule has 1 aromatic heterocycles. The molecule has 0 aliphatic heterocycles. The number of amidine groups is 1. The fraction of sp³-hybridized carbons (Fsp3) is 0.0667. The summed E-state index contributed by atoms with van der Waals surface area (Å²) in [6.45, 7) is 0. The van der Waals surface area contributed by atoms with Gasteiger partial charge in [-0.2, -0.15) is 10.5 Å². The van der Waals surface area contributed by atoms with Crippen LogP contribution >= 0.6 is 23.5 Å². The maximum atomic E-state index is 9.14. The van der Waals surface area contributed by atoms with Crippen LogP contribution in [0.2, 0.25) is 0 Å². The highest BCUT2D eigenvalue weighted by Gasteiger charge is 2.09. The summed E-state index contributed by atoms with van der Waals surface area (Å²) in [7, 11) is 0. The van der Waals surface area contributed by atoms with Crippen LogP contribution in [-0.4, -0.2) is 16.4 Å². The SMILES string of the molecule is CSC(=Nc1ccccc1Sc1ncccc1C#N)NC#N. The number of hydrogen-bond donors (Lipinski definition) is 1. The average Bonchev–Trinajstić information content (AvgIpc) is 2.56. The second kappa shape index (κ2) is 8.08. The number of aliphatic imine (C=N–C) groups is 1. The van der Waals surface area contributed by atoms with E-state index in [2.05, 4.69) is 21.4 Å². The maximum Gasteiger partial charge on any atom is 0.183 e. The zero-order valence-electron chi connectivity index (χ0n) is 11.6. The normalized spacial score (nSPS) is 10.6. The Morgan fingerprint density at radius 1 is 1.23 bits per heavy atom. The summed E-state index contributed by atoms with van der Waals surface area (Å²) >= 11 is 2.73. The molecule has 1 N–H and O–H groups in total. The summed E-state index contributed by atoms with van der Waals surface area (Å²) in [6.07, 6.45) is 5.35. The first-order valence-electron chi connectivity index (χ1n) is 6.18. The number of hydrogen-bond acceptors (Lipinski definition) is 6. The van der Waals surface area contributed by atoms with Gasteiger partial charge in [0.1, 0.15) is 11.1 Å². The largest absolute Gasteiger partial charge is 0.271 e. The lowest BCUT2D eigenvalue weighted by atomic mass is 10.3. The van der Waals surface area contributed by atoms with E-state index in [4.69, 9.17) is 10.5 Å². The Balaban J connectivity index is 2.37. The molecule has 0 saturated carbocycles. The number of pyridine rings is 1. The van der Waals surface area contributed by atoms with E-state index in [9.17, 15) is 0 Å².